The normalized spacial score (nSPS) is 10.4. The lowest BCUT2D eigenvalue weighted by molar-refractivity contribution is 0.0951. The Morgan fingerprint density at radius 1 is 0.923 bits per heavy atom. The van der Waals surface area contributed by atoms with E-state index in [1.54, 1.807) is 12.1 Å². The molecule has 2 aromatic carbocycles. The number of aromatic nitrogens is 1. The lowest BCUT2D eigenvalue weighted by Crippen LogP contribution is -2.22. The number of nitrogens with zero attached hydrogens (tertiary/aromatic N) is 1. The number of benzene rings is 2. The topological polar surface area (TPSA) is 54.0 Å². The van der Waals surface area contributed by atoms with Crippen LogP contribution in [0.4, 0.5) is 24.7 Å². The minimum absolute atomic E-state index is 0.0442. The summed E-state index contributed by atoms with van der Waals surface area (Å²) in [7, 11) is 0. The molecule has 3 rings (SSSR count). The predicted molar refractivity (Wildman–Crippen MR) is 91.4 cm³/mol. The molecule has 7 heteroatoms. The highest BCUT2D eigenvalue weighted by Crippen LogP contribution is 2.20. The Balaban J connectivity index is 1.68. The Hall–Kier alpha value is -3.35. The molecule has 1 amide bonds. The van der Waals surface area contributed by atoms with Crippen molar-refractivity contribution in [3.05, 3.63) is 89.4 Å². The van der Waals surface area contributed by atoms with E-state index in [9.17, 15) is 18.0 Å². The predicted octanol–water partition coefficient (Wildman–Crippen LogP) is 4.17. The number of nitrogens with one attached hydrogen (secondary N) is 2. The van der Waals surface area contributed by atoms with Crippen LogP contribution in [-0.2, 0) is 6.54 Å². The molecule has 0 atom stereocenters. The number of carbonyl (C=O) groups excluding carboxylic acids is 1. The van der Waals surface area contributed by atoms with Gasteiger partial charge in [0.25, 0.3) is 5.91 Å². The molecule has 4 nitrogen and oxygen atoms in total. The summed E-state index contributed by atoms with van der Waals surface area (Å²) < 4.78 is 39.5. The van der Waals surface area contributed by atoms with Gasteiger partial charge in [-0.25, -0.2) is 18.2 Å². The van der Waals surface area contributed by atoms with E-state index in [1.165, 1.54) is 36.5 Å². The van der Waals surface area contributed by atoms with Crippen molar-refractivity contribution in [3.63, 3.8) is 0 Å². The third-order valence-corrected chi connectivity index (χ3v) is 3.58. The third kappa shape index (κ3) is 4.38. The van der Waals surface area contributed by atoms with Gasteiger partial charge in [-0.1, -0.05) is 12.1 Å². The lowest BCUT2D eigenvalue weighted by Gasteiger charge is -2.09. The summed E-state index contributed by atoms with van der Waals surface area (Å²) in [5, 5.41) is 5.40. The molecule has 0 unspecified atom stereocenters. The first kappa shape index (κ1) is 17.5. The highest BCUT2D eigenvalue weighted by atomic mass is 19.1. The minimum atomic E-state index is -0.766. The van der Waals surface area contributed by atoms with Crippen molar-refractivity contribution >= 4 is 17.4 Å². The molecular formula is C19H14F3N3O. The number of hydrogen-bond acceptors (Lipinski definition) is 3. The number of pyridine rings is 1. The maximum absolute atomic E-state index is 13.7. The van der Waals surface area contributed by atoms with Gasteiger partial charge in [0.15, 0.2) is 0 Å². The molecule has 2 N–H and O–H groups in total. The second-order valence-corrected chi connectivity index (χ2v) is 5.49. The fraction of sp³-hybridized carbons (Fsp3) is 0.0526. The first-order chi connectivity index (χ1) is 12.5. The summed E-state index contributed by atoms with van der Waals surface area (Å²) in [6.07, 6.45) is 1.40. The van der Waals surface area contributed by atoms with Crippen molar-refractivity contribution < 1.29 is 18.0 Å². The molecule has 0 aliphatic carbocycles. The van der Waals surface area contributed by atoms with Crippen molar-refractivity contribution in [2.75, 3.05) is 5.32 Å². The molecule has 0 fully saturated rings. The molecule has 0 aliphatic heterocycles. The van der Waals surface area contributed by atoms with Crippen LogP contribution >= 0.6 is 0 Å². The lowest BCUT2D eigenvalue weighted by atomic mass is 10.2. The van der Waals surface area contributed by atoms with E-state index < -0.39 is 11.6 Å². The summed E-state index contributed by atoms with van der Waals surface area (Å²) in [5.41, 5.74) is 1.11. The van der Waals surface area contributed by atoms with Gasteiger partial charge in [-0.15, -0.1) is 0 Å². The third-order valence-electron chi connectivity index (χ3n) is 3.58. The Labute approximate surface area is 147 Å². The van der Waals surface area contributed by atoms with Gasteiger partial charge < -0.3 is 10.6 Å². The molecule has 1 aromatic heterocycles. The van der Waals surface area contributed by atoms with E-state index in [4.69, 9.17) is 0 Å². The standard InChI is InChI=1S/C19H14F3N3O/c20-14-3-1-12(2-4-14)11-24-19(26)13-7-8-23-18(9-13)25-17-6-5-15(21)10-16(17)22/h1-10H,11H2,(H,23,25)(H,24,26). The molecule has 0 bridgehead atoms. The number of anilines is 2. The fourth-order valence-corrected chi connectivity index (χ4v) is 2.26. The van der Waals surface area contributed by atoms with Gasteiger partial charge in [-0.3, -0.25) is 4.79 Å². The molecule has 0 spiro atoms. The molecule has 0 radical (unpaired) electrons. The van der Waals surface area contributed by atoms with Crippen molar-refractivity contribution in [1.29, 1.82) is 0 Å². The summed E-state index contributed by atoms with van der Waals surface area (Å²) in [4.78, 5) is 16.3. The molecular weight excluding hydrogens is 343 g/mol. The van der Waals surface area contributed by atoms with Crippen LogP contribution in [0.3, 0.4) is 0 Å². The SMILES string of the molecule is O=C(NCc1ccc(F)cc1)c1ccnc(Nc2ccc(F)cc2F)c1. The first-order valence-electron chi connectivity index (χ1n) is 7.72. The van der Waals surface area contributed by atoms with Gasteiger partial charge in [0, 0.05) is 24.4 Å². The van der Waals surface area contributed by atoms with Crippen LogP contribution in [-0.4, -0.2) is 10.9 Å². The Bertz CT molecular complexity index is 930. The maximum atomic E-state index is 13.7. The van der Waals surface area contributed by atoms with Gasteiger partial charge in [-0.2, -0.15) is 0 Å². The average molecular weight is 357 g/mol. The van der Waals surface area contributed by atoms with Gasteiger partial charge in [-0.05, 0) is 42.0 Å². The number of hydrogen-bond donors (Lipinski definition) is 2. The van der Waals surface area contributed by atoms with Gasteiger partial charge >= 0.3 is 0 Å². The highest BCUT2D eigenvalue weighted by molar-refractivity contribution is 5.94. The zero-order valence-electron chi connectivity index (χ0n) is 13.5. The zero-order valence-corrected chi connectivity index (χ0v) is 13.5. The quantitative estimate of drug-likeness (QED) is 0.721. The number of carbonyl (C=O) groups is 1. The van der Waals surface area contributed by atoms with Crippen molar-refractivity contribution in [1.82, 2.24) is 10.3 Å². The molecule has 0 saturated carbocycles. The van der Waals surface area contributed by atoms with Gasteiger partial charge in [0.05, 0.1) is 5.69 Å². The second kappa shape index (κ2) is 7.69. The van der Waals surface area contributed by atoms with Gasteiger partial charge in [0.1, 0.15) is 23.3 Å². The first-order valence-corrected chi connectivity index (χ1v) is 7.72. The van der Waals surface area contributed by atoms with E-state index in [0.29, 0.717) is 5.56 Å². The van der Waals surface area contributed by atoms with E-state index in [-0.39, 0.29) is 29.8 Å². The van der Waals surface area contributed by atoms with Gasteiger partial charge in [0.2, 0.25) is 0 Å². The van der Waals surface area contributed by atoms with Crippen LogP contribution in [0, 0.1) is 17.5 Å². The van der Waals surface area contributed by atoms with Crippen molar-refractivity contribution in [2.45, 2.75) is 6.54 Å². The zero-order chi connectivity index (χ0) is 18.5. The second-order valence-electron chi connectivity index (χ2n) is 5.49. The molecule has 0 saturated heterocycles. The Morgan fingerprint density at radius 3 is 2.38 bits per heavy atom. The molecule has 26 heavy (non-hydrogen) atoms. The summed E-state index contributed by atoms with van der Waals surface area (Å²) >= 11 is 0. The van der Waals surface area contributed by atoms with Crippen LogP contribution in [0.25, 0.3) is 0 Å². The number of halogens is 3. The Morgan fingerprint density at radius 2 is 1.65 bits per heavy atom. The monoisotopic (exact) mass is 357 g/mol. The average Bonchev–Trinajstić information content (AvgIpc) is 2.63. The fourth-order valence-electron chi connectivity index (χ4n) is 2.26. The van der Waals surface area contributed by atoms with E-state index in [0.717, 1.165) is 17.7 Å². The van der Waals surface area contributed by atoms with E-state index in [1.807, 2.05) is 0 Å². The molecule has 132 valence electrons. The Kier molecular flexibility index (Phi) is 5.17. The van der Waals surface area contributed by atoms with Crippen LogP contribution < -0.4 is 10.6 Å². The van der Waals surface area contributed by atoms with Crippen LogP contribution in [0.1, 0.15) is 15.9 Å². The van der Waals surface area contributed by atoms with Crippen LogP contribution in [0.5, 0.6) is 0 Å². The molecule has 3 aromatic rings. The van der Waals surface area contributed by atoms with E-state index in [2.05, 4.69) is 15.6 Å². The summed E-state index contributed by atoms with van der Waals surface area (Å²) in [6.45, 7) is 0.233. The van der Waals surface area contributed by atoms with Crippen LogP contribution in [0.15, 0.2) is 60.8 Å². The van der Waals surface area contributed by atoms with Crippen molar-refractivity contribution in [2.24, 2.45) is 0 Å². The van der Waals surface area contributed by atoms with Crippen molar-refractivity contribution in [3.8, 4) is 0 Å². The summed E-state index contributed by atoms with van der Waals surface area (Å²) in [5.74, 6) is -1.92. The highest BCUT2D eigenvalue weighted by Gasteiger charge is 2.09. The molecule has 1 heterocycles. The van der Waals surface area contributed by atoms with E-state index >= 15 is 0 Å². The minimum Gasteiger partial charge on any atom is -0.348 e. The van der Waals surface area contributed by atoms with Crippen LogP contribution in [0.2, 0.25) is 0 Å². The maximum Gasteiger partial charge on any atom is 0.251 e. The largest absolute Gasteiger partial charge is 0.348 e. The smallest absolute Gasteiger partial charge is 0.251 e. The summed E-state index contributed by atoms with van der Waals surface area (Å²) in [6, 6.07) is 11.8. The number of amides is 1. The number of rotatable bonds is 5. The molecule has 0 aliphatic rings.